The van der Waals surface area contributed by atoms with E-state index in [0.717, 1.165) is 25.7 Å². The van der Waals surface area contributed by atoms with Crippen molar-refractivity contribution >= 4 is 42.1 Å². The van der Waals surface area contributed by atoms with Crippen molar-refractivity contribution < 1.29 is 30.4 Å². The SMILES string of the molecule is CCCCOC(C)=O.CCCCOC(C)=O.[Cl][Cr]([Cl])[Cl]. The summed E-state index contributed by atoms with van der Waals surface area (Å²) in [7, 11) is 14.8. The van der Waals surface area contributed by atoms with Gasteiger partial charge in [0.15, 0.2) is 0 Å². The Bertz CT molecular complexity index is 206. The van der Waals surface area contributed by atoms with Crippen molar-refractivity contribution in [3.63, 3.8) is 0 Å². The van der Waals surface area contributed by atoms with Crippen LogP contribution in [-0.2, 0) is 30.4 Å². The molecule has 0 unspecified atom stereocenters. The third-order valence-corrected chi connectivity index (χ3v) is 1.61. The monoisotopic (exact) mass is 389 g/mol. The summed E-state index contributed by atoms with van der Waals surface area (Å²) >= 11 is -1.62. The van der Waals surface area contributed by atoms with Gasteiger partial charge in [0.05, 0.1) is 13.2 Å². The quantitative estimate of drug-likeness (QED) is 0.484. The van der Waals surface area contributed by atoms with E-state index < -0.39 is 11.4 Å². The molecule has 0 aromatic rings. The van der Waals surface area contributed by atoms with Gasteiger partial charge in [-0.15, -0.1) is 0 Å². The van der Waals surface area contributed by atoms with E-state index in [2.05, 4.69) is 23.3 Å². The van der Waals surface area contributed by atoms with E-state index in [4.69, 9.17) is 30.1 Å². The van der Waals surface area contributed by atoms with Gasteiger partial charge < -0.3 is 9.47 Å². The number of halogens is 3. The van der Waals surface area contributed by atoms with Crippen LogP contribution in [0.4, 0.5) is 0 Å². The fraction of sp³-hybridized carbons (Fsp3) is 0.833. The predicted molar refractivity (Wildman–Crippen MR) is 80.6 cm³/mol. The van der Waals surface area contributed by atoms with E-state index in [9.17, 15) is 9.59 Å². The Hall–Kier alpha value is 0.342. The standard InChI is InChI=1S/2C6H12O2.3ClH.Cr/c2*1-3-4-5-8-6(2)7;;;;/h2*3-5H2,1-2H3;3*1H;/q;;;;;+3/p-3. The average Bonchev–Trinajstić information content (AvgIpc) is 2.29. The Labute approximate surface area is 139 Å². The molecule has 0 spiro atoms. The molecular formula is C12H24Cl3CrO4. The third-order valence-electron chi connectivity index (χ3n) is 1.61. The van der Waals surface area contributed by atoms with Gasteiger partial charge in [-0.2, -0.15) is 0 Å². The zero-order valence-corrected chi connectivity index (χ0v) is 16.0. The van der Waals surface area contributed by atoms with Gasteiger partial charge in [-0.3, -0.25) is 9.59 Å². The van der Waals surface area contributed by atoms with Crippen molar-refractivity contribution in [1.29, 1.82) is 0 Å². The minimum atomic E-state index is -1.62. The summed E-state index contributed by atoms with van der Waals surface area (Å²) < 4.78 is 9.29. The van der Waals surface area contributed by atoms with E-state index in [0.29, 0.717) is 13.2 Å². The molecule has 0 amide bonds. The second kappa shape index (κ2) is 21.6. The molecule has 0 bridgehead atoms. The summed E-state index contributed by atoms with van der Waals surface area (Å²) in [4.78, 5) is 20.2. The van der Waals surface area contributed by atoms with E-state index in [1.54, 1.807) is 0 Å². The molecule has 0 saturated carbocycles. The maximum atomic E-state index is 10.1. The first-order chi connectivity index (χ1) is 9.27. The first-order valence-corrected chi connectivity index (χ1v) is 11.5. The van der Waals surface area contributed by atoms with E-state index in [-0.39, 0.29) is 11.9 Å². The first-order valence-electron chi connectivity index (χ1n) is 6.27. The number of hydrogen-bond donors (Lipinski definition) is 0. The zero-order valence-electron chi connectivity index (χ0n) is 12.4. The second-order valence-electron chi connectivity index (χ2n) is 3.56. The molecule has 0 N–H and O–H groups in total. The number of carbonyl (C=O) groups is 2. The number of hydrogen-bond acceptors (Lipinski definition) is 4. The van der Waals surface area contributed by atoms with Gasteiger partial charge in [-0.25, -0.2) is 0 Å². The van der Waals surface area contributed by atoms with Gasteiger partial charge in [-0.05, 0) is 12.8 Å². The van der Waals surface area contributed by atoms with Crippen LogP contribution < -0.4 is 0 Å². The van der Waals surface area contributed by atoms with Crippen LogP contribution in [0, 0.1) is 0 Å². The van der Waals surface area contributed by atoms with Gasteiger partial charge in [0, 0.05) is 13.8 Å². The molecule has 4 nitrogen and oxygen atoms in total. The minimum absolute atomic E-state index is 0.182. The number of unbranched alkanes of at least 4 members (excludes halogenated alkanes) is 2. The maximum absolute atomic E-state index is 10.1. The second-order valence-corrected chi connectivity index (χ2v) is 9.88. The van der Waals surface area contributed by atoms with Crippen LogP contribution >= 0.6 is 30.1 Å². The summed E-state index contributed by atoms with van der Waals surface area (Å²) in [5.74, 6) is -0.364. The van der Waals surface area contributed by atoms with Crippen molar-refractivity contribution in [1.82, 2.24) is 0 Å². The van der Waals surface area contributed by atoms with Crippen LogP contribution in [0.25, 0.3) is 0 Å². The van der Waals surface area contributed by atoms with Crippen molar-refractivity contribution in [2.75, 3.05) is 13.2 Å². The molecule has 0 aliphatic carbocycles. The molecule has 0 aromatic heterocycles. The van der Waals surface area contributed by atoms with Crippen LogP contribution in [0.15, 0.2) is 0 Å². The molecule has 0 rings (SSSR count). The van der Waals surface area contributed by atoms with Crippen LogP contribution in [0.3, 0.4) is 0 Å². The number of rotatable bonds is 6. The topological polar surface area (TPSA) is 52.6 Å². The summed E-state index contributed by atoms with van der Waals surface area (Å²) in [5.41, 5.74) is 0. The number of esters is 2. The van der Waals surface area contributed by atoms with E-state index in [1.165, 1.54) is 13.8 Å². The Morgan fingerprint density at radius 1 is 0.850 bits per heavy atom. The molecule has 20 heavy (non-hydrogen) atoms. The van der Waals surface area contributed by atoms with E-state index in [1.807, 2.05) is 0 Å². The molecule has 0 aliphatic rings. The molecule has 0 aromatic carbocycles. The van der Waals surface area contributed by atoms with Crippen LogP contribution in [-0.4, -0.2) is 25.2 Å². The average molecular weight is 391 g/mol. The molecule has 0 fully saturated rings. The fourth-order valence-electron chi connectivity index (χ4n) is 0.720. The van der Waals surface area contributed by atoms with Crippen LogP contribution in [0.2, 0.25) is 0 Å². The van der Waals surface area contributed by atoms with Crippen LogP contribution in [0.5, 0.6) is 0 Å². The molecule has 0 atom stereocenters. The Balaban J connectivity index is -0.000000230. The van der Waals surface area contributed by atoms with Gasteiger partial charge in [0.2, 0.25) is 0 Å². The normalized spacial score (nSPS) is 8.80. The predicted octanol–water partition coefficient (Wildman–Crippen LogP) is 4.77. The fourth-order valence-corrected chi connectivity index (χ4v) is 0.720. The number of ether oxygens (including phenoxy) is 2. The van der Waals surface area contributed by atoms with Gasteiger partial charge in [0.25, 0.3) is 0 Å². The zero-order chi connectivity index (χ0) is 16.4. The summed E-state index contributed by atoms with van der Waals surface area (Å²) in [5, 5.41) is 0. The molecule has 123 valence electrons. The van der Waals surface area contributed by atoms with Crippen molar-refractivity contribution in [3.8, 4) is 0 Å². The molecule has 0 radical (unpaired) electrons. The number of carbonyl (C=O) groups excluding carboxylic acids is 2. The van der Waals surface area contributed by atoms with Crippen molar-refractivity contribution in [2.24, 2.45) is 0 Å². The molecule has 0 heterocycles. The molecular weight excluding hydrogens is 366 g/mol. The summed E-state index contributed by atoms with van der Waals surface area (Å²) in [6, 6.07) is 0. The Morgan fingerprint density at radius 3 is 1.25 bits per heavy atom. The van der Waals surface area contributed by atoms with Crippen molar-refractivity contribution in [3.05, 3.63) is 0 Å². The van der Waals surface area contributed by atoms with Crippen LogP contribution in [0.1, 0.15) is 53.4 Å². The third kappa shape index (κ3) is 51.6. The van der Waals surface area contributed by atoms with Gasteiger partial charge in [0.1, 0.15) is 0 Å². The Kier molecular flexibility index (Phi) is 27.4. The summed E-state index contributed by atoms with van der Waals surface area (Å²) in [6.45, 7) is 8.12. The molecule has 0 aliphatic heterocycles. The molecule has 0 saturated heterocycles. The summed E-state index contributed by atoms with van der Waals surface area (Å²) in [6.07, 6.45) is 4.10. The van der Waals surface area contributed by atoms with Gasteiger partial charge >= 0.3 is 53.5 Å². The first kappa shape index (κ1) is 25.3. The molecule has 8 heteroatoms. The van der Waals surface area contributed by atoms with Crippen molar-refractivity contribution in [2.45, 2.75) is 53.4 Å². The van der Waals surface area contributed by atoms with Gasteiger partial charge in [-0.1, -0.05) is 26.7 Å². The Morgan fingerprint density at radius 2 is 1.10 bits per heavy atom. The van der Waals surface area contributed by atoms with E-state index >= 15 is 0 Å².